The van der Waals surface area contributed by atoms with Gasteiger partial charge in [-0.2, -0.15) is 4.98 Å². The Bertz CT molecular complexity index is 1100. The Hall–Kier alpha value is -2.88. The molecule has 0 saturated heterocycles. The van der Waals surface area contributed by atoms with Gasteiger partial charge in [0, 0.05) is 5.92 Å². The molecule has 1 aromatic carbocycles. The molecule has 9 nitrogen and oxygen atoms in total. The van der Waals surface area contributed by atoms with E-state index < -0.39 is 17.2 Å². The highest BCUT2D eigenvalue weighted by atomic mass is 32.2. The van der Waals surface area contributed by atoms with Crippen molar-refractivity contribution in [2.24, 2.45) is 0 Å². The fourth-order valence-electron chi connectivity index (χ4n) is 3.27. The van der Waals surface area contributed by atoms with Crippen LogP contribution in [0.2, 0.25) is 0 Å². The number of amides is 1. The average molecular weight is 471 g/mol. The van der Waals surface area contributed by atoms with Crippen molar-refractivity contribution in [1.82, 2.24) is 30.2 Å². The van der Waals surface area contributed by atoms with E-state index in [9.17, 15) is 4.79 Å². The van der Waals surface area contributed by atoms with Crippen molar-refractivity contribution in [3.63, 3.8) is 0 Å². The summed E-state index contributed by atoms with van der Waals surface area (Å²) >= 11 is 1.51. The highest BCUT2D eigenvalue weighted by Crippen LogP contribution is 2.40. The second-order valence-corrected chi connectivity index (χ2v) is 10.7. The van der Waals surface area contributed by atoms with Gasteiger partial charge in [0.2, 0.25) is 5.89 Å². The number of thioether (sulfide) groups is 1. The Labute approximate surface area is 197 Å². The highest BCUT2D eigenvalue weighted by molar-refractivity contribution is 7.98. The Morgan fingerprint density at radius 2 is 1.91 bits per heavy atom. The first-order valence-corrected chi connectivity index (χ1v) is 12.0. The zero-order valence-electron chi connectivity index (χ0n) is 19.7. The van der Waals surface area contributed by atoms with Gasteiger partial charge >= 0.3 is 6.09 Å². The minimum atomic E-state index is -0.846. The molecular formula is C23H30N6O3S. The molecule has 0 atom stereocenters. The van der Waals surface area contributed by atoms with Gasteiger partial charge in [-0.3, -0.25) is 0 Å². The summed E-state index contributed by atoms with van der Waals surface area (Å²) in [6, 6.07) is 10.3. The van der Waals surface area contributed by atoms with E-state index in [1.54, 1.807) is 13.8 Å². The van der Waals surface area contributed by atoms with E-state index in [0.717, 1.165) is 30.4 Å². The highest BCUT2D eigenvalue weighted by Gasteiger charge is 2.32. The third-order valence-corrected chi connectivity index (χ3v) is 5.99. The average Bonchev–Trinajstić information content (AvgIpc) is 3.30. The molecule has 1 amide bonds. The molecule has 1 aliphatic carbocycles. The van der Waals surface area contributed by atoms with Crippen molar-refractivity contribution in [3.8, 4) is 0 Å². The third-order valence-electron chi connectivity index (χ3n) is 5.04. The zero-order chi connectivity index (χ0) is 23.6. The Balaban J connectivity index is 1.43. The number of ether oxygens (including phenoxy) is 1. The number of nitrogens with zero attached hydrogens (tertiary/aromatic N) is 5. The van der Waals surface area contributed by atoms with Crippen LogP contribution < -0.4 is 5.32 Å². The molecule has 0 spiro atoms. The largest absolute Gasteiger partial charge is 0.444 e. The van der Waals surface area contributed by atoms with E-state index in [0.29, 0.717) is 23.4 Å². The molecule has 33 heavy (non-hydrogen) atoms. The van der Waals surface area contributed by atoms with Gasteiger partial charge in [-0.15, -0.1) is 10.2 Å². The number of rotatable bonds is 8. The lowest BCUT2D eigenvalue weighted by molar-refractivity contribution is 0.0465. The summed E-state index contributed by atoms with van der Waals surface area (Å²) in [6.07, 6.45) is 1.78. The summed E-state index contributed by atoms with van der Waals surface area (Å²) in [6.45, 7) is 9.77. The van der Waals surface area contributed by atoms with Crippen LogP contribution in [-0.4, -0.2) is 36.6 Å². The van der Waals surface area contributed by atoms with Gasteiger partial charge in [0.15, 0.2) is 11.0 Å². The lowest BCUT2D eigenvalue weighted by atomic mass is 10.1. The molecular weight excluding hydrogens is 440 g/mol. The standard InChI is InChI=1S/C23H30N6O3S/c1-22(2,3)31-21(30)25-23(4,5)19-24-17(32-28-19)14-33-20-27-26-18(16-11-12-16)29(20)13-15-9-7-6-8-10-15/h6-10,16H,11-14H2,1-5H3,(H,25,30). The lowest BCUT2D eigenvalue weighted by Gasteiger charge is -2.26. The van der Waals surface area contributed by atoms with E-state index in [4.69, 9.17) is 9.26 Å². The predicted molar refractivity (Wildman–Crippen MR) is 124 cm³/mol. The van der Waals surface area contributed by atoms with Crippen LogP contribution >= 0.6 is 11.8 Å². The minimum Gasteiger partial charge on any atom is -0.444 e. The van der Waals surface area contributed by atoms with Crippen molar-refractivity contribution in [1.29, 1.82) is 0 Å². The summed E-state index contributed by atoms with van der Waals surface area (Å²) in [4.78, 5) is 16.7. The first kappa shape index (κ1) is 23.3. The molecule has 1 fully saturated rings. The summed E-state index contributed by atoms with van der Waals surface area (Å²) in [5.74, 6) is 2.82. The van der Waals surface area contributed by atoms with E-state index in [-0.39, 0.29) is 0 Å². The number of hydrogen-bond acceptors (Lipinski definition) is 8. The maximum atomic E-state index is 12.2. The van der Waals surface area contributed by atoms with Crippen LogP contribution in [0, 0.1) is 0 Å². The van der Waals surface area contributed by atoms with E-state index in [1.165, 1.54) is 17.3 Å². The molecule has 10 heteroatoms. The topological polar surface area (TPSA) is 108 Å². The quantitative estimate of drug-likeness (QED) is 0.475. The normalized spacial score (nSPS) is 14.3. The Morgan fingerprint density at radius 3 is 2.58 bits per heavy atom. The molecule has 2 aromatic heterocycles. The van der Waals surface area contributed by atoms with Gasteiger partial charge in [0.25, 0.3) is 0 Å². The first-order chi connectivity index (χ1) is 15.6. The van der Waals surface area contributed by atoms with Crippen molar-refractivity contribution in [2.45, 2.75) is 82.0 Å². The van der Waals surface area contributed by atoms with Crippen molar-refractivity contribution in [3.05, 3.63) is 53.4 Å². The van der Waals surface area contributed by atoms with E-state index in [1.807, 2.05) is 39.0 Å². The summed E-state index contributed by atoms with van der Waals surface area (Å²) in [5.41, 5.74) is -0.230. The molecule has 4 rings (SSSR count). The fourth-order valence-corrected chi connectivity index (χ4v) is 4.06. The molecule has 0 aliphatic heterocycles. The van der Waals surface area contributed by atoms with Gasteiger partial charge < -0.3 is 19.1 Å². The maximum absolute atomic E-state index is 12.2. The third kappa shape index (κ3) is 6.13. The number of carbonyl (C=O) groups is 1. The molecule has 0 unspecified atom stereocenters. The van der Waals surface area contributed by atoms with Crippen LogP contribution in [0.25, 0.3) is 0 Å². The predicted octanol–water partition coefficient (Wildman–Crippen LogP) is 4.64. The van der Waals surface area contributed by atoms with Gasteiger partial charge in [0.05, 0.1) is 12.3 Å². The summed E-state index contributed by atoms with van der Waals surface area (Å²) < 4.78 is 13.0. The molecule has 3 aromatic rings. The van der Waals surface area contributed by atoms with E-state index in [2.05, 4.69) is 42.4 Å². The van der Waals surface area contributed by atoms with Crippen LogP contribution in [0.3, 0.4) is 0 Å². The second kappa shape index (κ2) is 9.17. The lowest BCUT2D eigenvalue weighted by Crippen LogP contribution is -2.44. The van der Waals surface area contributed by atoms with Crippen LogP contribution in [0.15, 0.2) is 40.0 Å². The second-order valence-electron chi connectivity index (χ2n) is 9.74. The van der Waals surface area contributed by atoms with Crippen LogP contribution in [0.5, 0.6) is 0 Å². The Kier molecular flexibility index (Phi) is 6.47. The number of alkyl carbamates (subject to hydrolysis) is 1. The zero-order valence-corrected chi connectivity index (χ0v) is 20.5. The molecule has 176 valence electrons. The first-order valence-electron chi connectivity index (χ1n) is 11.0. The smallest absolute Gasteiger partial charge is 0.408 e. The van der Waals surface area contributed by atoms with Gasteiger partial charge in [-0.05, 0) is 53.0 Å². The number of aromatic nitrogens is 5. The monoisotopic (exact) mass is 470 g/mol. The van der Waals surface area contributed by atoms with Crippen molar-refractivity contribution in [2.75, 3.05) is 0 Å². The minimum absolute atomic E-state index is 0.383. The van der Waals surface area contributed by atoms with Crippen LogP contribution in [0.4, 0.5) is 4.79 Å². The van der Waals surface area contributed by atoms with Gasteiger partial charge in [-0.1, -0.05) is 47.3 Å². The molecule has 2 heterocycles. The SMILES string of the molecule is CC(C)(C)OC(=O)NC(C)(C)c1noc(CSc2nnc(C3CC3)n2Cc2ccccc2)n1. The Morgan fingerprint density at radius 1 is 1.18 bits per heavy atom. The number of nitrogens with one attached hydrogen (secondary N) is 1. The summed E-state index contributed by atoms with van der Waals surface area (Å²) in [7, 11) is 0. The van der Waals surface area contributed by atoms with Crippen LogP contribution in [-0.2, 0) is 22.6 Å². The molecule has 1 N–H and O–H groups in total. The van der Waals surface area contributed by atoms with Crippen molar-refractivity contribution >= 4 is 17.9 Å². The van der Waals surface area contributed by atoms with Crippen molar-refractivity contribution < 1.29 is 14.1 Å². The van der Waals surface area contributed by atoms with Gasteiger partial charge in [-0.25, -0.2) is 4.79 Å². The van der Waals surface area contributed by atoms with Gasteiger partial charge in [0.1, 0.15) is 17.0 Å². The van der Waals surface area contributed by atoms with E-state index >= 15 is 0 Å². The number of benzene rings is 1. The molecule has 0 bridgehead atoms. The summed E-state index contributed by atoms with van der Waals surface area (Å²) in [5, 5.41) is 16.6. The maximum Gasteiger partial charge on any atom is 0.408 e. The van der Waals surface area contributed by atoms with Crippen LogP contribution in [0.1, 0.15) is 76.5 Å². The number of hydrogen-bond donors (Lipinski definition) is 1. The molecule has 0 radical (unpaired) electrons. The fraction of sp³-hybridized carbons (Fsp3) is 0.522. The molecule has 1 saturated carbocycles. The molecule has 1 aliphatic rings. The number of carbonyl (C=O) groups excluding carboxylic acids is 1.